The summed E-state index contributed by atoms with van der Waals surface area (Å²) >= 11 is 0. The Morgan fingerprint density at radius 1 is 1.80 bits per heavy atom. The zero-order valence-corrected chi connectivity index (χ0v) is 5.67. The zero-order valence-electron chi connectivity index (χ0n) is 5.67. The van der Waals surface area contributed by atoms with Crippen LogP contribution >= 0.6 is 0 Å². The SMILES string of the molecule is N#CCC(=O)[C@@H]1CCCO1. The van der Waals surface area contributed by atoms with Crippen molar-refractivity contribution in [2.75, 3.05) is 6.61 Å². The molecule has 0 spiro atoms. The summed E-state index contributed by atoms with van der Waals surface area (Å²) in [7, 11) is 0. The number of nitrogens with zero attached hydrogens (tertiary/aromatic N) is 1. The topological polar surface area (TPSA) is 50.1 Å². The van der Waals surface area contributed by atoms with Gasteiger partial charge in [0.05, 0.1) is 12.5 Å². The first-order chi connectivity index (χ1) is 4.84. The van der Waals surface area contributed by atoms with E-state index in [4.69, 9.17) is 10.00 Å². The van der Waals surface area contributed by atoms with E-state index in [0.29, 0.717) is 6.61 Å². The van der Waals surface area contributed by atoms with Gasteiger partial charge in [-0.3, -0.25) is 4.79 Å². The molecule has 1 saturated heterocycles. The molecular weight excluding hydrogens is 130 g/mol. The summed E-state index contributed by atoms with van der Waals surface area (Å²) in [6, 6.07) is 1.81. The molecule has 10 heavy (non-hydrogen) atoms. The van der Waals surface area contributed by atoms with Crippen LogP contribution < -0.4 is 0 Å². The molecule has 1 rings (SSSR count). The van der Waals surface area contributed by atoms with Crippen LogP contribution in [0.4, 0.5) is 0 Å². The Balaban J connectivity index is 2.34. The fraction of sp³-hybridized carbons (Fsp3) is 0.714. The van der Waals surface area contributed by atoms with Crippen molar-refractivity contribution in [2.24, 2.45) is 0 Å². The van der Waals surface area contributed by atoms with Crippen molar-refractivity contribution in [3.8, 4) is 6.07 Å². The number of carbonyl (C=O) groups excluding carboxylic acids is 1. The molecule has 0 unspecified atom stereocenters. The van der Waals surface area contributed by atoms with Gasteiger partial charge >= 0.3 is 0 Å². The smallest absolute Gasteiger partial charge is 0.175 e. The molecule has 0 saturated carbocycles. The zero-order chi connectivity index (χ0) is 7.40. The highest BCUT2D eigenvalue weighted by atomic mass is 16.5. The number of hydrogen-bond donors (Lipinski definition) is 0. The number of nitriles is 1. The Kier molecular flexibility index (Phi) is 2.41. The van der Waals surface area contributed by atoms with E-state index < -0.39 is 0 Å². The van der Waals surface area contributed by atoms with Crippen LogP contribution in [-0.2, 0) is 9.53 Å². The molecular formula is C7H9NO2. The van der Waals surface area contributed by atoms with Crippen LogP contribution in [0.15, 0.2) is 0 Å². The molecule has 3 nitrogen and oxygen atoms in total. The highest BCUT2D eigenvalue weighted by molar-refractivity contribution is 5.84. The van der Waals surface area contributed by atoms with Gasteiger partial charge in [-0.1, -0.05) is 0 Å². The van der Waals surface area contributed by atoms with Crippen molar-refractivity contribution in [3.05, 3.63) is 0 Å². The molecule has 0 aromatic carbocycles. The maximum Gasteiger partial charge on any atom is 0.175 e. The Morgan fingerprint density at radius 3 is 3.10 bits per heavy atom. The second-order valence-corrected chi connectivity index (χ2v) is 2.30. The first kappa shape index (κ1) is 7.23. The van der Waals surface area contributed by atoms with Gasteiger partial charge in [0.25, 0.3) is 0 Å². The number of Topliss-reactive ketones (excluding diaryl/α,β-unsaturated/α-hetero) is 1. The standard InChI is InChI=1S/C7H9NO2/c8-4-3-6(9)7-2-1-5-10-7/h7H,1-3,5H2/t7-/m0/s1. The van der Waals surface area contributed by atoms with E-state index in [1.165, 1.54) is 0 Å². The molecule has 0 amide bonds. The highest BCUT2D eigenvalue weighted by Gasteiger charge is 2.22. The second kappa shape index (κ2) is 3.33. The third-order valence-electron chi connectivity index (χ3n) is 1.54. The maximum atomic E-state index is 10.9. The average Bonchev–Trinajstić information content (AvgIpc) is 2.38. The van der Waals surface area contributed by atoms with Gasteiger partial charge < -0.3 is 4.74 Å². The van der Waals surface area contributed by atoms with Crippen molar-refractivity contribution < 1.29 is 9.53 Å². The van der Waals surface area contributed by atoms with E-state index in [1.807, 2.05) is 6.07 Å². The molecule has 0 radical (unpaired) electrons. The molecule has 1 heterocycles. The first-order valence-electron chi connectivity index (χ1n) is 3.36. The highest BCUT2D eigenvalue weighted by Crippen LogP contribution is 2.13. The first-order valence-corrected chi connectivity index (χ1v) is 3.36. The van der Waals surface area contributed by atoms with E-state index in [9.17, 15) is 4.79 Å². The van der Waals surface area contributed by atoms with E-state index in [2.05, 4.69) is 0 Å². The number of ether oxygens (including phenoxy) is 1. The molecule has 0 aromatic rings. The summed E-state index contributed by atoms with van der Waals surface area (Å²) in [4.78, 5) is 10.9. The number of rotatable bonds is 2. The normalized spacial score (nSPS) is 24.1. The summed E-state index contributed by atoms with van der Waals surface area (Å²) in [6.45, 7) is 0.668. The maximum absolute atomic E-state index is 10.9. The van der Waals surface area contributed by atoms with Gasteiger partial charge in [-0.25, -0.2) is 0 Å². The van der Waals surface area contributed by atoms with E-state index in [0.717, 1.165) is 12.8 Å². The summed E-state index contributed by atoms with van der Waals surface area (Å²) in [5.74, 6) is -0.0694. The Labute approximate surface area is 59.6 Å². The molecule has 0 N–H and O–H groups in total. The summed E-state index contributed by atoms with van der Waals surface area (Å²) in [5, 5.41) is 8.17. The minimum Gasteiger partial charge on any atom is -0.370 e. The predicted octanol–water partition coefficient (Wildman–Crippen LogP) is 0.648. The Morgan fingerprint density at radius 2 is 2.60 bits per heavy atom. The lowest BCUT2D eigenvalue weighted by Crippen LogP contribution is -2.18. The third-order valence-corrected chi connectivity index (χ3v) is 1.54. The monoisotopic (exact) mass is 139 g/mol. The van der Waals surface area contributed by atoms with Gasteiger partial charge in [0.1, 0.15) is 6.10 Å². The molecule has 1 atom stereocenters. The molecule has 0 aromatic heterocycles. The molecule has 0 bridgehead atoms. The Hall–Kier alpha value is -0.880. The van der Waals surface area contributed by atoms with Crippen molar-refractivity contribution in [1.29, 1.82) is 5.26 Å². The van der Waals surface area contributed by atoms with Crippen LogP contribution in [-0.4, -0.2) is 18.5 Å². The van der Waals surface area contributed by atoms with Crippen molar-refractivity contribution in [1.82, 2.24) is 0 Å². The minimum atomic E-state index is -0.278. The van der Waals surface area contributed by atoms with Crippen LogP contribution in [0, 0.1) is 11.3 Å². The van der Waals surface area contributed by atoms with Crippen LogP contribution in [0.5, 0.6) is 0 Å². The van der Waals surface area contributed by atoms with Gasteiger partial charge in [0.15, 0.2) is 5.78 Å². The lowest BCUT2D eigenvalue weighted by Gasteiger charge is -2.02. The summed E-state index contributed by atoms with van der Waals surface area (Å²) in [6.07, 6.45) is 1.45. The molecule has 54 valence electrons. The fourth-order valence-corrected chi connectivity index (χ4v) is 1.02. The largest absolute Gasteiger partial charge is 0.370 e. The molecule has 3 heteroatoms. The summed E-state index contributed by atoms with van der Waals surface area (Å²) < 4.78 is 5.07. The predicted molar refractivity (Wildman–Crippen MR) is 34.2 cm³/mol. The Bertz CT molecular complexity index is 165. The second-order valence-electron chi connectivity index (χ2n) is 2.30. The van der Waals surface area contributed by atoms with Crippen LogP contribution in [0.25, 0.3) is 0 Å². The number of carbonyl (C=O) groups is 1. The van der Waals surface area contributed by atoms with E-state index >= 15 is 0 Å². The van der Waals surface area contributed by atoms with Crippen molar-refractivity contribution in [3.63, 3.8) is 0 Å². The number of hydrogen-bond acceptors (Lipinski definition) is 3. The van der Waals surface area contributed by atoms with E-state index in [-0.39, 0.29) is 18.3 Å². The van der Waals surface area contributed by atoms with Gasteiger partial charge in [-0.2, -0.15) is 5.26 Å². The molecule has 1 aliphatic rings. The van der Waals surface area contributed by atoms with Gasteiger partial charge in [-0.05, 0) is 12.8 Å². The average molecular weight is 139 g/mol. The lowest BCUT2D eigenvalue weighted by molar-refractivity contribution is -0.126. The summed E-state index contributed by atoms with van der Waals surface area (Å²) in [5.41, 5.74) is 0. The van der Waals surface area contributed by atoms with Gasteiger partial charge in [0.2, 0.25) is 0 Å². The van der Waals surface area contributed by atoms with Gasteiger partial charge in [0, 0.05) is 6.61 Å². The molecule has 0 aliphatic carbocycles. The van der Waals surface area contributed by atoms with Crippen LogP contribution in [0.1, 0.15) is 19.3 Å². The quantitative estimate of drug-likeness (QED) is 0.564. The molecule has 1 aliphatic heterocycles. The van der Waals surface area contributed by atoms with Crippen molar-refractivity contribution in [2.45, 2.75) is 25.4 Å². The molecule has 1 fully saturated rings. The van der Waals surface area contributed by atoms with Crippen LogP contribution in [0.3, 0.4) is 0 Å². The van der Waals surface area contributed by atoms with Gasteiger partial charge in [-0.15, -0.1) is 0 Å². The lowest BCUT2D eigenvalue weighted by atomic mass is 10.1. The van der Waals surface area contributed by atoms with Crippen molar-refractivity contribution >= 4 is 5.78 Å². The number of ketones is 1. The van der Waals surface area contributed by atoms with Crippen LogP contribution in [0.2, 0.25) is 0 Å². The fourth-order valence-electron chi connectivity index (χ4n) is 1.02. The minimum absolute atomic E-state index is 0.00926. The van der Waals surface area contributed by atoms with E-state index in [1.54, 1.807) is 0 Å². The third kappa shape index (κ3) is 1.55.